The van der Waals surface area contributed by atoms with E-state index < -0.39 is 0 Å². The Morgan fingerprint density at radius 2 is 2.47 bits per heavy atom. The highest BCUT2D eigenvalue weighted by atomic mass is 16.5. The van der Waals surface area contributed by atoms with E-state index in [0.29, 0.717) is 19.7 Å². The molecule has 1 heterocycles. The summed E-state index contributed by atoms with van der Waals surface area (Å²) in [7, 11) is 1.65. The molecule has 0 aliphatic carbocycles. The van der Waals surface area contributed by atoms with Crippen LogP contribution >= 0.6 is 0 Å². The molecule has 0 bridgehead atoms. The number of nitrogens with two attached hydrogens (primary N) is 1. The lowest BCUT2D eigenvalue weighted by Gasteiger charge is -2.31. The molecule has 2 N–H and O–H groups in total. The van der Waals surface area contributed by atoms with Gasteiger partial charge in [0.2, 0.25) is 5.91 Å². The van der Waals surface area contributed by atoms with E-state index in [1.165, 1.54) is 0 Å². The van der Waals surface area contributed by atoms with E-state index in [1.54, 1.807) is 13.4 Å². The third-order valence-corrected chi connectivity index (χ3v) is 3.00. The highest BCUT2D eigenvalue weighted by Crippen LogP contribution is 2.13. The van der Waals surface area contributed by atoms with Crippen molar-refractivity contribution in [2.24, 2.45) is 5.73 Å². The van der Waals surface area contributed by atoms with Crippen LogP contribution in [0.25, 0.3) is 0 Å². The highest BCUT2D eigenvalue weighted by Gasteiger charge is 2.23. The summed E-state index contributed by atoms with van der Waals surface area (Å²) in [6.45, 7) is 3.79. The molecule has 5 nitrogen and oxygen atoms in total. The van der Waals surface area contributed by atoms with Gasteiger partial charge in [-0.25, -0.2) is 0 Å². The van der Waals surface area contributed by atoms with Gasteiger partial charge in [0.1, 0.15) is 6.10 Å². The normalized spacial score (nSPS) is 21.2. The topological polar surface area (TPSA) is 64.8 Å². The smallest absolute Gasteiger partial charge is 0.234 e. The van der Waals surface area contributed by atoms with E-state index in [9.17, 15) is 4.79 Å². The molecule has 17 heavy (non-hydrogen) atoms. The number of carbonyl (C=O) groups excluding carboxylic acids is 1. The maximum absolute atomic E-state index is 11.2. The summed E-state index contributed by atoms with van der Waals surface area (Å²) in [5.74, 6) is -0.313. The van der Waals surface area contributed by atoms with Crippen molar-refractivity contribution in [2.75, 3.05) is 26.8 Å². The number of amides is 1. The number of ether oxygens (including phenoxy) is 2. The van der Waals surface area contributed by atoms with Crippen LogP contribution < -0.4 is 5.73 Å². The zero-order valence-electron chi connectivity index (χ0n) is 10.6. The Morgan fingerprint density at radius 3 is 3.00 bits per heavy atom. The van der Waals surface area contributed by atoms with Crippen LogP contribution in [0, 0.1) is 0 Å². The number of rotatable bonds is 7. The van der Waals surface area contributed by atoms with E-state index in [-0.39, 0.29) is 18.1 Å². The van der Waals surface area contributed by atoms with Gasteiger partial charge in [0.25, 0.3) is 0 Å². The minimum atomic E-state index is -0.313. The summed E-state index contributed by atoms with van der Waals surface area (Å²) in [6.07, 6.45) is 5.88. The average molecular weight is 242 g/mol. The van der Waals surface area contributed by atoms with Crippen LogP contribution in [0.2, 0.25) is 0 Å². The fourth-order valence-electron chi connectivity index (χ4n) is 1.81. The second-order valence-electron chi connectivity index (χ2n) is 4.27. The fourth-order valence-corrected chi connectivity index (χ4v) is 1.81. The van der Waals surface area contributed by atoms with Gasteiger partial charge in [-0.1, -0.05) is 0 Å². The molecule has 0 unspecified atom stereocenters. The molecule has 1 aliphatic rings. The zero-order valence-corrected chi connectivity index (χ0v) is 10.6. The minimum absolute atomic E-state index is 0.138. The fraction of sp³-hybridized carbons (Fsp3) is 0.750. The number of methoxy groups -OCH3 is 1. The standard InChI is InChI=1S/C12H22N2O3/c1-10(12(13)15)14(6-8-16-2)9-11-5-3-4-7-17-11/h4,7,10-11H,3,5-6,8-9H2,1-2H3,(H2,13,15)/t10-,11+/m1/s1. The molecule has 0 aromatic carbocycles. The lowest BCUT2D eigenvalue weighted by atomic mass is 10.1. The van der Waals surface area contributed by atoms with Crippen molar-refractivity contribution in [3.8, 4) is 0 Å². The molecule has 5 heteroatoms. The molecule has 0 spiro atoms. The lowest BCUT2D eigenvalue weighted by Crippen LogP contribution is -2.47. The Morgan fingerprint density at radius 1 is 1.71 bits per heavy atom. The van der Waals surface area contributed by atoms with Crippen molar-refractivity contribution >= 4 is 5.91 Å². The van der Waals surface area contributed by atoms with Gasteiger partial charge < -0.3 is 15.2 Å². The Hall–Kier alpha value is -1.07. The molecular formula is C12H22N2O3. The first kappa shape index (κ1) is 14.0. The van der Waals surface area contributed by atoms with Crippen LogP contribution in [-0.2, 0) is 14.3 Å². The molecule has 0 radical (unpaired) electrons. The summed E-state index contributed by atoms with van der Waals surface area (Å²) < 4.78 is 10.5. The molecular weight excluding hydrogens is 220 g/mol. The second-order valence-corrected chi connectivity index (χ2v) is 4.27. The van der Waals surface area contributed by atoms with Crippen LogP contribution in [0.4, 0.5) is 0 Å². The quantitative estimate of drug-likeness (QED) is 0.706. The van der Waals surface area contributed by atoms with Crippen LogP contribution in [-0.4, -0.2) is 49.8 Å². The average Bonchev–Trinajstić information content (AvgIpc) is 2.34. The summed E-state index contributed by atoms with van der Waals surface area (Å²) in [5, 5.41) is 0. The first-order valence-corrected chi connectivity index (χ1v) is 5.98. The van der Waals surface area contributed by atoms with Gasteiger partial charge in [-0.3, -0.25) is 9.69 Å². The van der Waals surface area contributed by atoms with Crippen LogP contribution in [0.15, 0.2) is 12.3 Å². The molecule has 0 fully saturated rings. The Kier molecular flexibility index (Phi) is 6.00. The van der Waals surface area contributed by atoms with Crippen molar-refractivity contribution in [2.45, 2.75) is 31.9 Å². The van der Waals surface area contributed by atoms with Crippen molar-refractivity contribution < 1.29 is 14.3 Å². The number of carbonyl (C=O) groups is 1. The van der Waals surface area contributed by atoms with Gasteiger partial charge in [0.15, 0.2) is 0 Å². The number of hydrogen-bond acceptors (Lipinski definition) is 4. The van der Waals surface area contributed by atoms with Gasteiger partial charge in [-0.15, -0.1) is 0 Å². The molecule has 1 amide bonds. The second kappa shape index (κ2) is 7.29. The molecule has 98 valence electrons. The van der Waals surface area contributed by atoms with Gasteiger partial charge >= 0.3 is 0 Å². The van der Waals surface area contributed by atoms with E-state index in [1.807, 2.05) is 17.9 Å². The van der Waals surface area contributed by atoms with Gasteiger partial charge in [0.05, 0.1) is 18.9 Å². The summed E-state index contributed by atoms with van der Waals surface area (Å²) in [5.41, 5.74) is 5.34. The number of allylic oxidation sites excluding steroid dienone is 1. The maximum Gasteiger partial charge on any atom is 0.234 e. The van der Waals surface area contributed by atoms with E-state index in [4.69, 9.17) is 15.2 Å². The number of primary amides is 1. The van der Waals surface area contributed by atoms with E-state index in [2.05, 4.69) is 0 Å². The van der Waals surface area contributed by atoms with Crippen molar-refractivity contribution in [3.63, 3.8) is 0 Å². The predicted molar refractivity (Wildman–Crippen MR) is 65.4 cm³/mol. The third-order valence-electron chi connectivity index (χ3n) is 3.00. The molecule has 1 aliphatic heterocycles. The van der Waals surface area contributed by atoms with Crippen LogP contribution in [0.3, 0.4) is 0 Å². The molecule has 0 aromatic rings. The van der Waals surface area contributed by atoms with Crippen molar-refractivity contribution in [1.29, 1.82) is 0 Å². The van der Waals surface area contributed by atoms with Crippen LogP contribution in [0.1, 0.15) is 19.8 Å². The summed E-state index contributed by atoms with van der Waals surface area (Å²) in [4.78, 5) is 13.2. The number of hydrogen-bond donors (Lipinski definition) is 1. The Bertz CT molecular complexity index is 268. The SMILES string of the molecule is COCCN(C[C@@H]1CCC=CO1)[C@H](C)C(N)=O. The molecule has 0 saturated carbocycles. The predicted octanol–water partition coefficient (Wildman–Crippen LogP) is 0.501. The maximum atomic E-state index is 11.2. The summed E-state index contributed by atoms with van der Waals surface area (Å²) in [6, 6.07) is -0.292. The lowest BCUT2D eigenvalue weighted by molar-refractivity contribution is -0.123. The number of nitrogens with zero attached hydrogens (tertiary/aromatic N) is 1. The van der Waals surface area contributed by atoms with E-state index >= 15 is 0 Å². The van der Waals surface area contributed by atoms with Gasteiger partial charge in [0, 0.05) is 20.2 Å². The monoisotopic (exact) mass is 242 g/mol. The molecule has 0 aromatic heterocycles. The Balaban J connectivity index is 2.49. The van der Waals surface area contributed by atoms with E-state index in [0.717, 1.165) is 12.8 Å². The van der Waals surface area contributed by atoms with Crippen molar-refractivity contribution in [1.82, 2.24) is 4.90 Å². The van der Waals surface area contributed by atoms with Gasteiger partial charge in [-0.05, 0) is 25.8 Å². The third kappa shape index (κ3) is 4.75. The molecule has 0 saturated heterocycles. The highest BCUT2D eigenvalue weighted by molar-refractivity contribution is 5.79. The minimum Gasteiger partial charge on any atom is -0.497 e. The first-order chi connectivity index (χ1) is 8.15. The zero-order chi connectivity index (χ0) is 12.7. The molecule has 2 atom stereocenters. The van der Waals surface area contributed by atoms with Gasteiger partial charge in [-0.2, -0.15) is 0 Å². The Labute approximate surface area is 103 Å². The molecule has 1 rings (SSSR count). The summed E-state index contributed by atoms with van der Waals surface area (Å²) >= 11 is 0. The largest absolute Gasteiger partial charge is 0.497 e. The van der Waals surface area contributed by atoms with Crippen LogP contribution in [0.5, 0.6) is 0 Å². The first-order valence-electron chi connectivity index (χ1n) is 5.98. The van der Waals surface area contributed by atoms with Crippen molar-refractivity contribution in [3.05, 3.63) is 12.3 Å².